The van der Waals surface area contributed by atoms with Crippen LogP contribution in [0.3, 0.4) is 0 Å². The summed E-state index contributed by atoms with van der Waals surface area (Å²) in [6.45, 7) is 4.24. The number of para-hydroxylation sites is 1. The Hall–Kier alpha value is -2.86. The Morgan fingerprint density at radius 2 is 1.79 bits per heavy atom. The van der Waals surface area contributed by atoms with Crippen LogP contribution in [0.4, 0.5) is 5.69 Å². The van der Waals surface area contributed by atoms with Gasteiger partial charge in [0.25, 0.3) is 0 Å². The zero-order valence-electron chi connectivity index (χ0n) is 15.9. The lowest BCUT2D eigenvalue weighted by atomic mass is 9.88. The normalized spacial score (nSPS) is 20.5. The van der Waals surface area contributed by atoms with Crippen molar-refractivity contribution in [1.29, 1.82) is 0 Å². The van der Waals surface area contributed by atoms with E-state index in [9.17, 15) is 9.59 Å². The smallest absolute Gasteiger partial charge is 0.229 e. The van der Waals surface area contributed by atoms with Gasteiger partial charge in [-0.25, -0.2) is 0 Å². The first-order valence-electron chi connectivity index (χ1n) is 9.74. The van der Waals surface area contributed by atoms with Crippen molar-refractivity contribution in [2.24, 2.45) is 11.8 Å². The fourth-order valence-electron chi connectivity index (χ4n) is 3.58. The van der Waals surface area contributed by atoms with Crippen molar-refractivity contribution >= 4 is 17.5 Å². The lowest BCUT2D eigenvalue weighted by Gasteiger charge is -2.32. The minimum atomic E-state index is -0.143. The Labute approximate surface area is 164 Å². The quantitative estimate of drug-likeness (QED) is 0.809. The Balaban J connectivity index is 1.35. The minimum absolute atomic E-state index is 0.0278. The molecule has 0 radical (unpaired) electrons. The van der Waals surface area contributed by atoms with Crippen molar-refractivity contribution in [1.82, 2.24) is 10.6 Å². The Morgan fingerprint density at radius 1 is 1.11 bits per heavy atom. The molecular formula is C22H25N3O3. The van der Waals surface area contributed by atoms with Gasteiger partial charge in [-0.1, -0.05) is 25.1 Å². The highest BCUT2D eigenvalue weighted by atomic mass is 16.5. The van der Waals surface area contributed by atoms with Crippen LogP contribution in [-0.4, -0.2) is 37.5 Å². The molecule has 2 unspecified atom stereocenters. The highest BCUT2D eigenvalue weighted by Gasteiger charge is 2.34. The van der Waals surface area contributed by atoms with Gasteiger partial charge in [0, 0.05) is 24.6 Å². The van der Waals surface area contributed by atoms with Gasteiger partial charge in [0.15, 0.2) is 0 Å². The van der Waals surface area contributed by atoms with Crippen molar-refractivity contribution in [2.45, 2.75) is 19.4 Å². The van der Waals surface area contributed by atoms with E-state index in [1.54, 1.807) is 4.90 Å². The molecule has 2 heterocycles. The maximum absolute atomic E-state index is 12.4. The molecule has 6 heteroatoms. The molecule has 2 fully saturated rings. The fraction of sp³-hybridized carbons (Fsp3) is 0.364. The highest BCUT2D eigenvalue weighted by molar-refractivity contribution is 5.97. The Bertz CT molecular complexity index is 834. The van der Waals surface area contributed by atoms with Crippen LogP contribution in [0.1, 0.15) is 13.3 Å². The number of ether oxygens (including phenoxy) is 1. The van der Waals surface area contributed by atoms with Gasteiger partial charge >= 0.3 is 0 Å². The van der Waals surface area contributed by atoms with Crippen LogP contribution in [-0.2, 0) is 9.59 Å². The summed E-state index contributed by atoms with van der Waals surface area (Å²) in [5.41, 5.74) is 0.818. The fourth-order valence-corrected chi connectivity index (χ4v) is 3.58. The standard InChI is InChI=1S/C22H25N3O3/c1-15(16-12-23-13-16)22(27)24-17-11-21(26)25(14-17)18-7-9-20(10-8-18)28-19-5-3-2-4-6-19/h2-10,15-17,23H,11-14H2,1H3,(H,24,27). The van der Waals surface area contributed by atoms with Gasteiger partial charge < -0.3 is 20.3 Å². The summed E-state index contributed by atoms with van der Waals surface area (Å²) in [6, 6.07) is 16.9. The molecular weight excluding hydrogens is 354 g/mol. The molecule has 0 spiro atoms. The van der Waals surface area contributed by atoms with Crippen molar-refractivity contribution in [3.63, 3.8) is 0 Å². The summed E-state index contributed by atoms with van der Waals surface area (Å²) in [7, 11) is 0. The third kappa shape index (κ3) is 4.02. The number of amides is 2. The van der Waals surface area contributed by atoms with Crippen molar-refractivity contribution in [2.75, 3.05) is 24.5 Å². The van der Waals surface area contributed by atoms with Gasteiger partial charge in [0.2, 0.25) is 11.8 Å². The van der Waals surface area contributed by atoms with E-state index in [1.807, 2.05) is 61.5 Å². The summed E-state index contributed by atoms with van der Waals surface area (Å²) in [6.07, 6.45) is 0.337. The molecule has 2 atom stereocenters. The SMILES string of the molecule is CC(C(=O)NC1CC(=O)N(c2ccc(Oc3ccccc3)cc2)C1)C1CNC1. The van der Waals surface area contributed by atoms with E-state index in [0.717, 1.165) is 30.3 Å². The molecule has 0 aromatic heterocycles. The molecule has 4 rings (SSSR count). The first kappa shape index (κ1) is 18.5. The van der Waals surface area contributed by atoms with E-state index < -0.39 is 0 Å². The first-order valence-corrected chi connectivity index (χ1v) is 9.74. The van der Waals surface area contributed by atoms with Gasteiger partial charge in [0.1, 0.15) is 11.5 Å². The number of carbonyl (C=O) groups excluding carboxylic acids is 2. The summed E-state index contributed by atoms with van der Waals surface area (Å²) in [5.74, 6) is 1.92. The molecule has 6 nitrogen and oxygen atoms in total. The molecule has 28 heavy (non-hydrogen) atoms. The van der Waals surface area contributed by atoms with Crippen molar-refractivity contribution in [3.05, 3.63) is 54.6 Å². The summed E-state index contributed by atoms with van der Waals surface area (Å²) >= 11 is 0. The second kappa shape index (κ2) is 8.02. The maximum atomic E-state index is 12.4. The number of hydrogen-bond donors (Lipinski definition) is 2. The number of nitrogens with one attached hydrogen (secondary N) is 2. The van der Waals surface area contributed by atoms with Gasteiger partial charge in [-0.2, -0.15) is 0 Å². The van der Waals surface area contributed by atoms with Crippen LogP contribution in [0.25, 0.3) is 0 Å². The average molecular weight is 379 g/mol. The maximum Gasteiger partial charge on any atom is 0.229 e. The first-order chi connectivity index (χ1) is 13.6. The summed E-state index contributed by atoms with van der Waals surface area (Å²) < 4.78 is 5.80. The molecule has 0 aliphatic carbocycles. The predicted molar refractivity (Wildman–Crippen MR) is 107 cm³/mol. The van der Waals surface area contributed by atoms with Crippen molar-refractivity contribution < 1.29 is 14.3 Å². The van der Waals surface area contributed by atoms with E-state index in [2.05, 4.69) is 10.6 Å². The Morgan fingerprint density at radius 3 is 2.43 bits per heavy atom. The number of anilines is 1. The zero-order chi connectivity index (χ0) is 19.5. The van der Waals surface area contributed by atoms with E-state index in [4.69, 9.17) is 4.74 Å². The van der Waals surface area contributed by atoms with Crippen LogP contribution >= 0.6 is 0 Å². The van der Waals surface area contributed by atoms with Crippen LogP contribution in [0.2, 0.25) is 0 Å². The summed E-state index contributed by atoms with van der Waals surface area (Å²) in [4.78, 5) is 26.6. The molecule has 2 aliphatic rings. The Kier molecular flexibility index (Phi) is 5.30. The second-order valence-electron chi connectivity index (χ2n) is 7.53. The molecule has 2 aromatic rings. The molecule has 0 saturated carbocycles. The molecule has 2 aliphatic heterocycles. The second-order valence-corrected chi connectivity index (χ2v) is 7.53. The molecule has 2 saturated heterocycles. The molecule has 2 N–H and O–H groups in total. The van der Waals surface area contributed by atoms with Crippen LogP contribution < -0.4 is 20.3 Å². The van der Waals surface area contributed by atoms with Gasteiger partial charge in [0.05, 0.1) is 6.04 Å². The third-order valence-electron chi connectivity index (χ3n) is 5.53. The lowest BCUT2D eigenvalue weighted by Crippen LogP contribution is -2.51. The number of benzene rings is 2. The number of hydrogen-bond acceptors (Lipinski definition) is 4. The van der Waals surface area contributed by atoms with E-state index in [0.29, 0.717) is 18.9 Å². The van der Waals surface area contributed by atoms with E-state index >= 15 is 0 Å². The highest BCUT2D eigenvalue weighted by Crippen LogP contribution is 2.27. The van der Waals surface area contributed by atoms with Crippen molar-refractivity contribution in [3.8, 4) is 11.5 Å². The molecule has 0 bridgehead atoms. The van der Waals surface area contributed by atoms with Crippen LogP contribution in [0.15, 0.2) is 54.6 Å². The summed E-state index contributed by atoms with van der Waals surface area (Å²) in [5, 5.41) is 6.24. The third-order valence-corrected chi connectivity index (χ3v) is 5.53. The largest absolute Gasteiger partial charge is 0.457 e. The van der Waals surface area contributed by atoms with Crippen LogP contribution in [0, 0.1) is 11.8 Å². The number of rotatable bonds is 6. The average Bonchev–Trinajstić information content (AvgIpc) is 3.02. The number of nitrogens with zero attached hydrogens (tertiary/aromatic N) is 1. The number of carbonyl (C=O) groups is 2. The van der Waals surface area contributed by atoms with Gasteiger partial charge in [-0.15, -0.1) is 0 Å². The molecule has 2 amide bonds. The van der Waals surface area contributed by atoms with Gasteiger partial charge in [-0.05, 0) is 55.4 Å². The molecule has 2 aromatic carbocycles. The predicted octanol–water partition coefficient (Wildman–Crippen LogP) is 2.56. The monoisotopic (exact) mass is 379 g/mol. The lowest BCUT2D eigenvalue weighted by molar-refractivity contribution is -0.127. The zero-order valence-corrected chi connectivity index (χ0v) is 15.9. The van der Waals surface area contributed by atoms with E-state index in [1.165, 1.54) is 0 Å². The van der Waals surface area contributed by atoms with Gasteiger partial charge in [-0.3, -0.25) is 9.59 Å². The van der Waals surface area contributed by atoms with Crippen LogP contribution in [0.5, 0.6) is 11.5 Å². The topological polar surface area (TPSA) is 70.7 Å². The molecule has 146 valence electrons. The van der Waals surface area contributed by atoms with E-state index in [-0.39, 0.29) is 23.8 Å². The minimum Gasteiger partial charge on any atom is -0.457 e.